The highest BCUT2D eigenvalue weighted by atomic mass is 16.5. The third-order valence-electron chi connectivity index (χ3n) is 3.57. The monoisotopic (exact) mass is 213 g/mol. The van der Waals surface area contributed by atoms with Gasteiger partial charge in [-0.05, 0) is 38.1 Å². The summed E-state index contributed by atoms with van der Waals surface area (Å²) in [5.74, 6) is 0.920. The molecule has 2 nitrogen and oxygen atoms in total. The second-order valence-corrected chi connectivity index (χ2v) is 4.40. The lowest BCUT2D eigenvalue weighted by Gasteiger charge is -2.43. The van der Waals surface area contributed by atoms with Crippen molar-refractivity contribution in [3.05, 3.63) is 0 Å². The van der Waals surface area contributed by atoms with Crippen LogP contribution in [-0.2, 0) is 4.74 Å². The molecule has 0 bridgehead atoms. The lowest BCUT2D eigenvalue weighted by Crippen LogP contribution is -2.49. The van der Waals surface area contributed by atoms with Crippen LogP contribution in [0, 0.1) is 5.92 Å². The van der Waals surface area contributed by atoms with Crippen LogP contribution in [-0.4, -0.2) is 37.2 Å². The Kier molecular flexibility index (Phi) is 6.26. The van der Waals surface area contributed by atoms with Crippen molar-refractivity contribution in [2.24, 2.45) is 5.92 Å². The zero-order valence-corrected chi connectivity index (χ0v) is 10.7. The number of rotatable bonds is 3. The molecule has 2 aliphatic heterocycles. The van der Waals surface area contributed by atoms with Crippen molar-refractivity contribution in [1.82, 2.24) is 4.90 Å². The van der Waals surface area contributed by atoms with Crippen LogP contribution in [0.5, 0.6) is 0 Å². The van der Waals surface area contributed by atoms with E-state index in [9.17, 15) is 0 Å². The molecule has 90 valence electrons. The van der Waals surface area contributed by atoms with E-state index >= 15 is 0 Å². The minimum absolute atomic E-state index is 0.905. The summed E-state index contributed by atoms with van der Waals surface area (Å²) < 4.78 is 5.37. The highest BCUT2D eigenvalue weighted by molar-refractivity contribution is 4.83. The summed E-state index contributed by atoms with van der Waals surface area (Å²) in [6.45, 7) is 11.0. The average molecular weight is 213 g/mol. The van der Waals surface area contributed by atoms with Gasteiger partial charge in [0, 0.05) is 25.8 Å². The molecule has 2 rings (SSSR count). The quantitative estimate of drug-likeness (QED) is 0.714. The van der Waals surface area contributed by atoms with Gasteiger partial charge in [0.25, 0.3) is 0 Å². The molecule has 0 aliphatic carbocycles. The van der Waals surface area contributed by atoms with E-state index in [1.165, 1.54) is 38.8 Å². The summed E-state index contributed by atoms with van der Waals surface area (Å²) in [5.41, 5.74) is 0. The van der Waals surface area contributed by atoms with Crippen molar-refractivity contribution in [3.8, 4) is 0 Å². The highest BCUT2D eigenvalue weighted by Crippen LogP contribution is 2.24. The highest BCUT2D eigenvalue weighted by Gasteiger charge is 2.28. The molecule has 2 heterocycles. The molecular formula is C13H27NO. The van der Waals surface area contributed by atoms with Crippen LogP contribution < -0.4 is 0 Å². The first-order valence-electron chi connectivity index (χ1n) is 6.72. The third-order valence-corrected chi connectivity index (χ3v) is 3.57. The van der Waals surface area contributed by atoms with Crippen LogP contribution in [0.1, 0.15) is 46.5 Å². The summed E-state index contributed by atoms with van der Waals surface area (Å²) in [5, 5.41) is 0. The second kappa shape index (κ2) is 7.24. The van der Waals surface area contributed by atoms with E-state index < -0.39 is 0 Å². The fraction of sp³-hybridized carbons (Fsp3) is 1.00. The normalized spacial score (nSPS) is 27.8. The molecule has 2 heteroatoms. The minimum atomic E-state index is 0.905. The zero-order chi connectivity index (χ0) is 11.1. The molecule has 0 amide bonds. The van der Waals surface area contributed by atoms with E-state index in [0.717, 1.165) is 25.2 Å². The Hall–Kier alpha value is -0.0800. The van der Waals surface area contributed by atoms with E-state index in [4.69, 9.17) is 4.74 Å². The first-order chi connectivity index (χ1) is 7.40. The van der Waals surface area contributed by atoms with E-state index in [1.54, 1.807) is 0 Å². The summed E-state index contributed by atoms with van der Waals surface area (Å²) in [6.07, 6.45) is 5.34. The molecule has 2 aliphatic rings. The van der Waals surface area contributed by atoms with Gasteiger partial charge in [0.1, 0.15) is 0 Å². The van der Waals surface area contributed by atoms with Gasteiger partial charge in [0.15, 0.2) is 0 Å². The van der Waals surface area contributed by atoms with Crippen LogP contribution in [0.15, 0.2) is 0 Å². The molecule has 0 saturated carbocycles. The SMILES string of the molecule is CC.CCC1CCN1CC1CCOCC1. The Morgan fingerprint density at radius 3 is 2.27 bits per heavy atom. The van der Waals surface area contributed by atoms with E-state index in [0.29, 0.717) is 0 Å². The molecule has 0 aromatic carbocycles. The molecular weight excluding hydrogens is 186 g/mol. The van der Waals surface area contributed by atoms with Crippen LogP contribution >= 0.6 is 0 Å². The Balaban J connectivity index is 0.000000531. The predicted molar refractivity (Wildman–Crippen MR) is 65.2 cm³/mol. The number of likely N-dealkylation sites (tertiary alicyclic amines) is 1. The van der Waals surface area contributed by atoms with Gasteiger partial charge in [-0.1, -0.05) is 20.8 Å². The molecule has 0 aromatic rings. The minimum Gasteiger partial charge on any atom is -0.381 e. The fourth-order valence-corrected chi connectivity index (χ4v) is 2.46. The van der Waals surface area contributed by atoms with E-state index in [2.05, 4.69) is 11.8 Å². The maximum Gasteiger partial charge on any atom is 0.0469 e. The van der Waals surface area contributed by atoms with Gasteiger partial charge < -0.3 is 9.64 Å². The van der Waals surface area contributed by atoms with Crippen LogP contribution in [0.2, 0.25) is 0 Å². The fourth-order valence-electron chi connectivity index (χ4n) is 2.46. The number of hydrogen-bond donors (Lipinski definition) is 0. The van der Waals surface area contributed by atoms with Gasteiger partial charge in [0.2, 0.25) is 0 Å². The van der Waals surface area contributed by atoms with Crippen molar-refractivity contribution in [1.29, 1.82) is 0 Å². The Morgan fingerprint density at radius 1 is 1.13 bits per heavy atom. The first-order valence-corrected chi connectivity index (χ1v) is 6.72. The summed E-state index contributed by atoms with van der Waals surface area (Å²) in [6, 6.07) is 0.905. The largest absolute Gasteiger partial charge is 0.381 e. The zero-order valence-electron chi connectivity index (χ0n) is 10.7. The van der Waals surface area contributed by atoms with Crippen LogP contribution in [0.4, 0.5) is 0 Å². The smallest absolute Gasteiger partial charge is 0.0469 e. The summed E-state index contributed by atoms with van der Waals surface area (Å²) in [7, 11) is 0. The molecule has 15 heavy (non-hydrogen) atoms. The molecule has 0 aromatic heterocycles. The molecule has 0 radical (unpaired) electrons. The van der Waals surface area contributed by atoms with Gasteiger partial charge in [-0.3, -0.25) is 0 Å². The van der Waals surface area contributed by atoms with Crippen molar-refractivity contribution in [3.63, 3.8) is 0 Å². The van der Waals surface area contributed by atoms with Crippen LogP contribution in [0.25, 0.3) is 0 Å². The van der Waals surface area contributed by atoms with Crippen molar-refractivity contribution < 1.29 is 4.74 Å². The predicted octanol–water partition coefficient (Wildman–Crippen LogP) is 2.92. The topological polar surface area (TPSA) is 12.5 Å². The van der Waals surface area contributed by atoms with E-state index in [1.807, 2.05) is 13.8 Å². The Morgan fingerprint density at radius 2 is 1.80 bits per heavy atom. The Labute approximate surface area is 95.0 Å². The van der Waals surface area contributed by atoms with Crippen LogP contribution in [0.3, 0.4) is 0 Å². The van der Waals surface area contributed by atoms with Crippen molar-refractivity contribution >= 4 is 0 Å². The lowest BCUT2D eigenvalue weighted by molar-refractivity contribution is 0.0186. The van der Waals surface area contributed by atoms with E-state index in [-0.39, 0.29) is 0 Å². The number of nitrogens with zero attached hydrogens (tertiary/aromatic N) is 1. The average Bonchev–Trinajstić information content (AvgIpc) is 2.29. The molecule has 1 unspecified atom stereocenters. The molecule has 2 fully saturated rings. The van der Waals surface area contributed by atoms with Gasteiger partial charge in [-0.2, -0.15) is 0 Å². The first kappa shape index (κ1) is 13.0. The number of ether oxygens (including phenoxy) is 1. The molecule has 0 spiro atoms. The molecule has 2 saturated heterocycles. The molecule has 1 atom stereocenters. The Bertz CT molecular complexity index is 153. The second-order valence-electron chi connectivity index (χ2n) is 4.40. The van der Waals surface area contributed by atoms with Crippen molar-refractivity contribution in [2.45, 2.75) is 52.5 Å². The van der Waals surface area contributed by atoms with Gasteiger partial charge >= 0.3 is 0 Å². The van der Waals surface area contributed by atoms with Crippen molar-refractivity contribution in [2.75, 3.05) is 26.3 Å². The number of hydrogen-bond acceptors (Lipinski definition) is 2. The maximum absolute atomic E-state index is 5.37. The third kappa shape index (κ3) is 3.76. The van der Waals surface area contributed by atoms with Gasteiger partial charge in [0.05, 0.1) is 0 Å². The lowest BCUT2D eigenvalue weighted by atomic mass is 9.94. The molecule has 0 N–H and O–H groups in total. The summed E-state index contributed by atoms with van der Waals surface area (Å²) >= 11 is 0. The van der Waals surface area contributed by atoms with Gasteiger partial charge in [-0.25, -0.2) is 0 Å². The maximum atomic E-state index is 5.37. The standard InChI is InChI=1S/C11H21NO.C2H6/c1-2-11-3-6-12(11)9-10-4-7-13-8-5-10;1-2/h10-11H,2-9H2,1H3;1-2H3. The summed E-state index contributed by atoms with van der Waals surface area (Å²) in [4.78, 5) is 2.66. The van der Waals surface area contributed by atoms with Gasteiger partial charge in [-0.15, -0.1) is 0 Å².